The van der Waals surface area contributed by atoms with Crippen LogP contribution in [0.1, 0.15) is 56.7 Å². The van der Waals surface area contributed by atoms with E-state index in [0.29, 0.717) is 5.75 Å². The molecule has 2 aromatic rings. The maximum absolute atomic E-state index is 11.1. The first-order valence-corrected chi connectivity index (χ1v) is 9.26. The van der Waals surface area contributed by atoms with Crippen LogP contribution in [-0.2, 0) is 19.3 Å². The molecule has 0 saturated heterocycles. The minimum absolute atomic E-state index is 0.481. The number of hydrogen-bond donors (Lipinski definition) is 1. The van der Waals surface area contributed by atoms with Crippen LogP contribution in [0.3, 0.4) is 0 Å². The van der Waals surface area contributed by atoms with Crippen molar-refractivity contribution in [2.45, 2.75) is 59.3 Å². The molecule has 2 aromatic carbocycles. The third kappa shape index (κ3) is 4.62. The average molecular weight is 340 g/mol. The molecule has 0 aliphatic carbocycles. The normalized spacial score (nSPS) is 10.7. The van der Waals surface area contributed by atoms with Gasteiger partial charge in [0, 0.05) is 0 Å². The second-order valence-corrected chi connectivity index (χ2v) is 6.34. The van der Waals surface area contributed by atoms with Gasteiger partial charge in [-0.2, -0.15) is 0 Å². The highest BCUT2D eigenvalue weighted by Gasteiger charge is 2.17. The maximum Gasteiger partial charge on any atom is 0.511 e. The topological polar surface area (TPSA) is 46.5 Å². The lowest BCUT2D eigenvalue weighted by Gasteiger charge is -2.19. The summed E-state index contributed by atoms with van der Waals surface area (Å²) >= 11 is 0. The smallest absolute Gasteiger partial charge is 0.449 e. The Kier molecular flexibility index (Phi) is 7.05. The molecule has 0 amide bonds. The van der Waals surface area contributed by atoms with Crippen molar-refractivity contribution in [2.24, 2.45) is 0 Å². The minimum atomic E-state index is -1.25. The van der Waals surface area contributed by atoms with Crippen LogP contribution in [0.4, 0.5) is 4.79 Å². The predicted molar refractivity (Wildman–Crippen MR) is 103 cm³/mol. The molecule has 134 valence electrons. The van der Waals surface area contributed by atoms with Crippen molar-refractivity contribution in [3.8, 4) is 16.9 Å². The van der Waals surface area contributed by atoms with Crippen LogP contribution in [0.15, 0.2) is 36.4 Å². The maximum atomic E-state index is 11.1. The largest absolute Gasteiger partial charge is 0.511 e. The number of benzene rings is 2. The van der Waals surface area contributed by atoms with Crippen molar-refractivity contribution in [1.29, 1.82) is 0 Å². The summed E-state index contributed by atoms with van der Waals surface area (Å²) in [5.41, 5.74) is 6.08. The second kappa shape index (κ2) is 9.26. The molecule has 0 aliphatic rings. The molecule has 3 heteroatoms. The molecule has 0 saturated carbocycles. The van der Waals surface area contributed by atoms with Crippen LogP contribution >= 0.6 is 0 Å². The Balaban J connectivity index is 2.65. The lowest BCUT2D eigenvalue weighted by atomic mass is 9.87. The Labute approximate surface area is 150 Å². The summed E-state index contributed by atoms with van der Waals surface area (Å²) in [6, 6.07) is 12.4. The fourth-order valence-corrected chi connectivity index (χ4v) is 3.44. The Morgan fingerprint density at radius 1 is 0.840 bits per heavy atom. The highest BCUT2D eigenvalue weighted by Crippen LogP contribution is 2.36. The summed E-state index contributed by atoms with van der Waals surface area (Å²) in [7, 11) is 0. The van der Waals surface area contributed by atoms with E-state index in [1.54, 1.807) is 0 Å². The summed E-state index contributed by atoms with van der Waals surface area (Å²) in [6.45, 7) is 6.45. The molecule has 0 bridgehead atoms. The molecule has 0 atom stereocenters. The van der Waals surface area contributed by atoms with Crippen LogP contribution in [0.5, 0.6) is 5.75 Å². The van der Waals surface area contributed by atoms with Crippen molar-refractivity contribution >= 4 is 6.16 Å². The van der Waals surface area contributed by atoms with E-state index in [9.17, 15) is 4.79 Å². The van der Waals surface area contributed by atoms with Crippen molar-refractivity contribution < 1.29 is 14.6 Å². The van der Waals surface area contributed by atoms with Crippen LogP contribution in [0.2, 0.25) is 0 Å². The lowest BCUT2D eigenvalue weighted by Crippen LogP contribution is -2.08. The lowest BCUT2D eigenvalue weighted by molar-refractivity contribution is 0.144. The van der Waals surface area contributed by atoms with Crippen molar-refractivity contribution in [3.05, 3.63) is 53.1 Å². The molecule has 2 rings (SSSR count). The second-order valence-electron chi connectivity index (χ2n) is 6.34. The minimum Gasteiger partial charge on any atom is -0.449 e. The van der Waals surface area contributed by atoms with Crippen molar-refractivity contribution in [1.82, 2.24) is 0 Å². The van der Waals surface area contributed by atoms with Gasteiger partial charge in [0.25, 0.3) is 0 Å². The Morgan fingerprint density at radius 2 is 1.48 bits per heavy atom. The molecular weight excluding hydrogens is 312 g/mol. The number of carbonyl (C=O) groups is 1. The van der Waals surface area contributed by atoms with Gasteiger partial charge in [0.15, 0.2) is 0 Å². The Bertz CT molecular complexity index is 719. The van der Waals surface area contributed by atoms with Gasteiger partial charge >= 0.3 is 6.16 Å². The first kappa shape index (κ1) is 19.0. The zero-order valence-electron chi connectivity index (χ0n) is 15.5. The molecule has 25 heavy (non-hydrogen) atoms. The molecule has 0 spiro atoms. The van der Waals surface area contributed by atoms with Crippen LogP contribution in [-0.4, -0.2) is 11.3 Å². The van der Waals surface area contributed by atoms with E-state index in [1.165, 1.54) is 22.3 Å². The van der Waals surface area contributed by atoms with E-state index < -0.39 is 6.16 Å². The van der Waals surface area contributed by atoms with Gasteiger partial charge in [-0.05, 0) is 53.1 Å². The van der Waals surface area contributed by atoms with Gasteiger partial charge < -0.3 is 9.84 Å². The van der Waals surface area contributed by atoms with E-state index in [0.717, 1.165) is 44.1 Å². The fraction of sp³-hybridized carbons (Fsp3) is 0.409. The first-order chi connectivity index (χ1) is 12.1. The van der Waals surface area contributed by atoms with Gasteiger partial charge in [-0.3, -0.25) is 0 Å². The molecule has 3 nitrogen and oxygen atoms in total. The summed E-state index contributed by atoms with van der Waals surface area (Å²) < 4.78 is 5.07. The first-order valence-electron chi connectivity index (χ1n) is 9.26. The summed E-state index contributed by atoms with van der Waals surface area (Å²) in [5.74, 6) is 0.481. The number of ether oxygens (including phenoxy) is 1. The van der Waals surface area contributed by atoms with Crippen molar-refractivity contribution in [2.75, 3.05) is 0 Å². The van der Waals surface area contributed by atoms with E-state index in [2.05, 4.69) is 45.0 Å². The average Bonchev–Trinajstić information content (AvgIpc) is 2.59. The molecule has 0 aromatic heterocycles. The van der Waals surface area contributed by atoms with Crippen LogP contribution in [0, 0.1) is 0 Å². The number of rotatable bonds is 8. The quantitative estimate of drug-likeness (QED) is 0.455. The summed E-state index contributed by atoms with van der Waals surface area (Å²) in [6.07, 6.45) is 4.59. The van der Waals surface area contributed by atoms with Crippen LogP contribution in [0.25, 0.3) is 11.1 Å². The SMILES string of the molecule is CCCc1ccccc1-c1ccc(OC(=O)O)c(CCC)c1CCC. The van der Waals surface area contributed by atoms with E-state index in [4.69, 9.17) is 9.84 Å². The highest BCUT2D eigenvalue weighted by atomic mass is 16.7. The summed E-state index contributed by atoms with van der Waals surface area (Å²) in [5, 5.41) is 9.06. The van der Waals surface area contributed by atoms with E-state index in [1.807, 2.05) is 12.1 Å². The van der Waals surface area contributed by atoms with Gasteiger partial charge in [-0.25, -0.2) is 4.79 Å². The molecule has 0 heterocycles. The third-order valence-corrected chi connectivity index (χ3v) is 4.41. The molecule has 0 unspecified atom stereocenters. The monoisotopic (exact) mass is 340 g/mol. The fourth-order valence-electron chi connectivity index (χ4n) is 3.44. The number of aryl methyl sites for hydroxylation is 1. The molecule has 0 radical (unpaired) electrons. The van der Waals surface area contributed by atoms with Crippen LogP contribution < -0.4 is 4.74 Å². The third-order valence-electron chi connectivity index (χ3n) is 4.41. The van der Waals surface area contributed by atoms with Gasteiger partial charge in [0.1, 0.15) is 5.75 Å². The predicted octanol–water partition coefficient (Wildman–Crippen LogP) is 6.27. The highest BCUT2D eigenvalue weighted by molar-refractivity contribution is 5.74. The number of hydrogen-bond acceptors (Lipinski definition) is 2. The zero-order chi connectivity index (χ0) is 18.2. The molecule has 0 aliphatic heterocycles. The van der Waals surface area contributed by atoms with Gasteiger partial charge in [0.2, 0.25) is 0 Å². The molecule has 0 fully saturated rings. The standard InChI is InChI=1S/C22H28O3/c1-4-9-16-12-7-8-13-17(16)19-14-15-21(25-22(23)24)20(11-6-3)18(19)10-5-2/h7-8,12-15H,4-6,9-11H2,1-3H3,(H,23,24). The zero-order valence-corrected chi connectivity index (χ0v) is 15.5. The van der Waals surface area contributed by atoms with E-state index >= 15 is 0 Å². The van der Waals surface area contributed by atoms with Gasteiger partial charge in [0.05, 0.1) is 0 Å². The molecule has 1 N–H and O–H groups in total. The Morgan fingerprint density at radius 3 is 2.12 bits per heavy atom. The number of carboxylic acid groups (broad SMARTS) is 1. The summed E-state index contributed by atoms with van der Waals surface area (Å²) in [4.78, 5) is 11.1. The van der Waals surface area contributed by atoms with Crippen molar-refractivity contribution in [3.63, 3.8) is 0 Å². The Hall–Kier alpha value is -2.29. The molecular formula is C22H28O3. The van der Waals surface area contributed by atoms with Gasteiger partial charge in [-0.15, -0.1) is 0 Å². The van der Waals surface area contributed by atoms with E-state index in [-0.39, 0.29) is 0 Å². The van der Waals surface area contributed by atoms with Gasteiger partial charge in [-0.1, -0.05) is 70.4 Å².